The molecule has 3 saturated heterocycles. The van der Waals surface area contributed by atoms with Gasteiger partial charge in [-0.1, -0.05) is 19.9 Å². The number of alkyl halides is 1. The Hall–Kier alpha value is -3.18. The number of hydrogen-bond donors (Lipinski definition) is 3. The summed E-state index contributed by atoms with van der Waals surface area (Å²) in [6.45, 7) is 5.48. The first kappa shape index (κ1) is 30.8. The number of benzene rings is 1. The van der Waals surface area contributed by atoms with Crippen molar-refractivity contribution >= 4 is 46.7 Å². The number of amides is 3. The second-order valence-corrected chi connectivity index (χ2v) is 15.1. The fourth-order valence-electron chi connectivity index (χ4n) is 6.83. The molecule has 3 fully saturated rings. The molecule has 5 heterocycles. The Labute approximate surface area is 258 Å². The summed E-state index contributed by atoms with van der Waals surface area (Å²) in [5.41, 5.74) is 2.25. The number of fused-ring (bicyclic) bond motifs is 2. The van der Waals surface area contributed by atoms with E-state index in [1.165, 1.54) is 35.4 Å². The highest BCUT2D eigenvalue weighted by Gasteiger charge is 2.47. The number of halogens is 1. The van der Waals surface area contributed by atoms with Crippen molar-refractivity contribution in [3.05, 3.63) is 64.3 Å². The van der Waals surface area contributed by atoms with Crippen LogP contribution in [0.3, 0.4) is 0 Å². The molecule has 10 nitrogen and oxygen atoms in total. The topological polar surface area (TPSA) is 140 Å². The van der Waals surface area contributed by atoms with Crippen molar-refractivity contribution in [1.29, 1.82) is 0 Å². The Bertz CT molecular complexity index is 1650. The molecule has 3 N–H and O–H groups in total. The maximum atomic E-state index is 14.2. The van der Waals surface area contributed by atoms with E-state index in [4.69, 9.17) is 0 Å². The van der Waals surface area contributed by atoms with Crippen LogP contribution in [0.15, 0.2) is 42.7 Å². The molecule has 0 spiro atoms. The first-order chi connectivity index (χ1) is 20.9. The second kappa shape index (κ2) is 12.0. The van der Waals surface area contributed by atoms with Crippen molar-refractivity contribution in [2.75, 3.05) is 13.1 Å². The lowest BCUT2D eigenvalue weighted by atomic mass is 9.85. The lowest BCUT2D eigenvalue weighted by Crippen LogP contribution is -2.58. The monoisotopic (exact) mass is 642 g/mol. The molecule has 6 rings (SSSR count). The maximum absolute atomic E-state index is 14.2. The van der Waals surface area contributed by atoms with Crippen molar-refractivity contribution < 1.29 is 33.1 Å². The van der Waals surface area contributed by atoms with Gasteiger partial charge in [0.1, 0.15) is 12.1 Å². The molecule has 4 atom stereocenters. The van der Waals surface area contributed by atoms with Crippen LogP contribution in [-0.4, -0.2) is 73.5 Å². The van der Waals surface area contributed by atoms with Gasteiger partial charge in [0.2, 0.25) is 17.7 Å². The van der Waals surface area contributed by atoms with Crippen molar-refractivity contribution in [1.82, 2.24) is 20.1 Å². The van der Waals surface area contributed by atoms with Gasteiger partial charge >= 0.3 is 7.60 Å². The molecule has 13 heteroatoms. The fourth-order valence-corrected chi connectivity index (χ4v) is 8.33. The van der Waals surface area contributed by atoms with Crippen LogP contribution < -0.4 is 5.32 Å². The Kier molecular flexibility index (Phi) is 8.38. The van der Waals surface area contributed by atoms with E-state index < -0.39 is 31.5 Å². The van der Waals surface area contributed by atoms with Crippen LogP contribution in [0.1, 0.15) is 90.1 Å². The van der Waals surface area contributed by atoms with Gasteiger partial charge < -0.3 is 24.9 Å². The smallest absolute Gasteiger partial charge is 0.340 e. The van der Waals surface area contributed by atoms with Gasteiger partial charge in [-0.2, -0.15) is 0 Å². The van der Waals surface area contributed by atoms with Crippen LogP contribution in [0, 0.1) is 0 Å². The molecule has 1 aromatic carbocycles. The standard InChI is InChI=1S/C31H36FN4O6PS/c1-17(2)22-10-11-33-14-23(22)20-15-35(16-20)31(39)25-8-7-21-4-3-5-24(30(38)36(21)25)34-29(37)27-13-19-12-18(6-9-26(19)44-27)28(32)43(40,41)42/h6,9-14,17,20-21,24-25,28H,3-5,7-8,15-16H2,1-2H3,(H,34,37)(H2,40,41,42)/t21-,24-,25-,28?/m0/s1. The zero-order valence-corrected chi connectivity index (χ0v) is 26.3. The maximum Gasteiger partial charge on any atom is 0.363 e. The van der Waals surface area contributed by atoms with E-state index in [0.717, 1.165) is 30.6 Å². The number of likely N-dealkylation sites (tertiary alicyclic amines) is 1. The van der Waals surface area contributed by atoms with E-state index in [9.17, 15) is 33.1 Å². The Morgan fingerprint density at radius 1 is 1.11 bits per heavy atom. The Morgan fingerprint density at radius 2 is 1.89 bits per heavy atom. The van der Waals surface area contributed by atoms with Gasteiger partial charge in [0.25, 0.3) is 5.91 Å². The van der Waals surface area contributed by atoms with E-state index in [1.807, 2.05) is 17.2 Å². The van der Waals surface area contributed by atoms with Gasteiger partial charge in [0.05, 0.1) is 4.88 Å². The lowest BCUT2D eigenvalue weighted by molar-refractivity contribution is -0.148. The van der Waals surface area contributed by atoms with Gasteiger partial charge in [-0.25, -0.2) is 4.39 Å². The minimum Gasteiger partial charge on any atom is -0.340 e. The Morgan fingerprint density at radius 3 is 2.61 bits per heavy atom. The number of aromatic nitrogens is 1. The number of thiophene rings is 1. The molecule has 0 saturated carbocycles. The molecule has 0 radical (unpaired) electrons. The number of carbonyl (C=O) groups is 3. The first-order valence-corrected chi connectivity index (χ1v) is 17.5. The van der Waals surface area contributed by atoms with Crippen molar-refractivity contribution in [2.24, 2.45) is 0 Å². The van der Waals surface area contributed by atoms with Crippen molar-refractivity contribution in [3.63, 3.8) is 0 Å². The number of nitrogens with one attached hydrogen (secondary N) is 1. The summed E-state index contributed by atoms with van der Waals surface area (Å²) in [4.78, 5) is 67.4. The third-order valence-electron chi connectivity index (χ3n) is 9.15. The van der Waals surface area contributed by atoms with Gasteiger partial charge in [-0.05, 0) is 84.4 Å². The molecular formula is C31H36FN4O6PS. The van der Waals surface area contributed by atoms with Gasteiger partial charge in [0.15, 0.2) is 0 Å². The normalized spacial score (nSPS) is 23.4. The molecule has 3 amide bonds. The van der Waals surface area contributed by atoms with Crippen LogP contribution >= 0.6 is 18.9 Å². The summed E-state index contributed by atoms with van der Waals surface area (Å²) >= 11 is 1.15. The van der Waals surface area contributed by atoms with Gasteiger partial charge in [-0.15, -0.1) is 11.3 Å². The number of rotatable bonds is 7. The third kappa shape index (κ3) is 5.80. The SMILES string of the molecule is CC(C)c1ccncc1C1CN(C(=O)[C@@H]2CC[C@@H]3CCC[C@H](NC(=O)c4cc5cc(C(F)P(=O)(O)O)ccc5s4)C(=O)N32)C1. The van der Waals surface area contributed by atoms with Crippen LogP contribution in [0.4, 0.5) is 4.39 Å². The van der Waals surface area contributed by atoms with E-state index in [-0.39, 0.29) is 29.3 Å². The van der Waals surface area contributed by atoms with E-state index in [1.54, 1.807) is 11.1 Å². The number of carbonyl (C=O) groups excluding carboxylic acids is 3. The first-order valence-electron chi connectivity index (χ1n) is 15.0. The van der Waals surface area contributed by atoms with E-state index >= 15 is 0 Å². The zero-order chi connectivity index (χ0) is 31.3. The van der Waals surface area contributed by atoms with E-state index in [0.29, 0.717) is 46.8 Å². The summed E-state index contributed by atoms with van der Waals surface area (Å²) in [6, 6.07) is 6.36. The fraction of sp³-hybridized carbons (Fsp3) is 0.484. The molecule has 44 heavy (non-hydrogen) atoms. The molecule has 3 aromatic rings. The molecule has 1 unspecified atom stereocenters. The quantitative estimate of drug-likeness (QED) is 0.314. The summed E-state index contributed by atoms with van der Waals surface area (Å²) in [7, 11) is -4.97. The molecule has 234 valence electrons. The van der Waals surface area contributed by atoms with Crippen LogP contribution in [0.25, 0.3) is 10.1 Å². The summed E-state index contributed by atoms with van der Waals surface area (Å²) in [6.07, 6.45) is 7.02. The van der Waals surface area contributed by atoms with Gasteiger partial charge in [0, 0.05) is 42.1 Å². The zero-order valence-electron chi connectivity index (χ0n) is 24.6. The summed E-state index contributed by atoms with van der Waals surface area (Å²) in [5, 5.41) is 3.35. The lowest BCUT2D eigenvalue weighted by Gasteiger charge is -2.43. The molecule has 3 aliphatic heterocycles. The van der Waals surface area contributed by atoms with Crippen LogP contribution in [-0.2, 0) is 14.2 Å². The largest absolute Gasteiger partial charge is 0.363 e. The predicted molar refractivity (Wildman–Crippen MR) is 164 cm³/mol. The van der Waals surface area contributed by atoms with Crippen LogP contribution in [0.2, 0.25) is 0 Å². The molecular weight excluding hydrogens is 606 g/mol. The number of nitrogens with zero attached hydrogens (tertiary/aromatic N) is 3. The second-order valence-electron chi connectivity index (χ2n) is 12.4. The summed E-state index contributed by atoms with van der Waals surface area (Å²) in [5.74, 6) is -2.61. The van der Waals surface area contributed by atoms with Gasteiger partial charge in [-0.3, -0.25) is 23.9 Å². The molecule has 2 aromatic heterocycles. The van der Waals surface area contributed by atoms with Crippen LogP contribution in [0.5, 0.6) is 0 Å². The predicted octanol–water partition coefficient (Wildman–Crippen LogP) is 4.83. The van der Waals surface area contributed by atoms with E-state index in [2.05, 4.69) is 24.1 Å². The number of pyridine rings is 1. The highest BCUT2D eigenvalue weighted by atomic mass is 32.1. The Balaban J connectivity index is 1.13. The minimum atomic E-state index is -4.97. The number of hydrogen-bond acceptors (Lipinski definition) is 6. The van der Waals surface area contributed by atoms with Crippen molar-refractivity contribution in [3.8, 4) is 0 Å². The molecule has 0 bridgehead atoms. The highest BCUT2D eigenvalue weighted by molar-refractivity contribution is 7.51. The minimum absolute atomic E-state index is 0.0355. The average Bonchev–Trinajstić information content (AvgIpc) is 3.55. The van der Waals surface area contributed by atoms with Crippen molar-refractivity contribution in [2.45, 2.75) is 81.8 Å². The molecule has 3 aliphatic rings. The average molecular weight is 643 g/mol. The third-order valence-corrected chi connectivity index (χ3v) is 11.2. The molecule has 0 aliphatic carbocycles. The highest BCUT2D eigenvalue weighted by Crippen LogP contribution is 2.53. The summed E-state index contributed by atoms with van der Waals surface area (Å²) < 4.78 is 26.2.